The second-order valence-electron chi connectivity index (χ2n) is 2.90. The fourth-order valence-corrected chi connectivity index (χ4v) is 0.596. The number of carbonyl (C=O) groups excluding carboxylic acids is 1. The average Bonchev–Trinajstić information content (AvgIpc) is 1.82. The van der Waals surface area contributed by atoms with Gasteiger partial charge in [-0.05, 0) is 12.8 Å². The van der Waals surface area contributed by atoms with Crippen molar-refractivity contribution in [2.24, 2.45) is 5.92 Å². The van der Waals surface area contributed by atoms with Crippen molar-refractivity contribution in [3.05, 3.63) is 0 Å². The first-order chi connectivity index (χ1) is 5.02. The van der Waals surface area contributed by atoms with Crippen LogP contribution in [-0.4, -0.2) is 18.9 Å². The molecule has 0 unspecified atom stereocenters. The van der Waals surface area contributed by atoms with E-state index in [1.165, 1.54) is 6.92 Å². The smallest absolute Gasteiger partial charge is 0.304 e. The highest BCUT2D eigenvalue weighted by Crippen LogP contribution is 1.98. The lowest BCUT2D eigenvalue weighted by Crippen LogP contribution is -2.18. The van der Waals surface area contributed by atoms with Crippen molar-refractivity contribution in [3.63, 3.8) is 0 Å². The van der Waals surface area contributed by atoms with E-state index in [1.54, 1.807) is 6.92 Å². The summed E-state index contributed by atoms with van der Waals surface area (Å²) in [5, 5.41) is 0. The summed E-state index contributed by atoms with van der Waals surface area (Å²) in [7, 11) is 0. The summed E-state index contributed by atoms with van der Waals surface area (Å²) in [6.45, 7) is 7.79. The Morgan fingerprint density at radius 3 is 2.27 bits per heavy atom. The highest BCUT2D eigenvalue weighted by Gasteiger charge is 2.05. The van der Waals surface area contributed by atoms with Gasteiger partial charge >= 0.3 is 5.97 Å². The Morgan fingerprint density at radius 2 is 1.91 bits per heavy atom. The predicted octanol–water partition coefficient (Wildman–Crippen LogP) is 1.57. The Morgan fingerprint density at radius 1 is 1.36 bits per heavy atom. The molecule has 0 aliphatic heterocycles. The topological polar surface area (TPSA) is 35.5 Å². The second kappa shape index (κ2) is 5.13. The van der Waals surface area contributed by atoms with E-state index in [2.05, 4.69) is 0 Å². The Kier molecular flexibility index (Phi) is 4.86. The first-order valence-corrected chi connectivity index (χ1v) is 3.81. The zero-order valence-electron chi connectivity index (χ0n) is 7.59. The molecule has 0 saturated carbocycles. The van der Waals surface area contributed by atoms with Gasteiger partial charge < -0.3 is 9.47 Å². The van der Waals surface area contributed by atoms with Gasteiger partial charge in [-0.15, -0.1) is 0 Å². The summed E-state index contributed by atoms with van der Waals surface area (Å²) in [5.74, 6) is 0.161. The van der Waals surface area contributed by atoms with Crippen LogP contribution >= 0.6 is 0 Å². The molecule has 3 heteroatoms. The van der Waals surface area contributed by atoms with Gasteiger partial charge in [-0.2, -0.15) is 0 Å². The molecule has 0 spiro atoms. The van der Waals surface area contributed by atoms with E-state index in [-0.39, 0.29) is 5.97 Å². The van der Waals surface area contributed by atoms with E-state index in [9.17, 15) is 4.79 Å². The van der Waals surface area contributed by atoms with Crippen LogP contribution in [0.15, 0.2) is 0 Å². The largest absolute Gasteiger partial charge is 0.436 e. The number of ether oxygens (including phenoxy) is 2. The number of hydrogen-bond donors (Lipinski definition) is 0. The molecule has 11 heavy (non-hydrogen) atoms. The van der Waals surface area contributed by atoms with Crippen LogP contribution in [0.2, 0.25) is 0 Å². The minimum Gasteiger partial charge on any atom is -0.436 e. The van der Waals surface area contributed by atoms with Crippen LogP contribution in [0.3, 0.4) is 0 Å². The van der Waals surface area contributed by atoms with Crippen LogP contribution in [0.5, 0.6) is 0 Å². The Hall–Kier alpha value is -0.570. The van der Waals surface area contributed by atoms with E-state index >= 15 is 0 Å². The van der Waals surface area contributed by atoms with Crippen LogP contribution in [0.25, 0.3) is 0 Å². The van der Waals surface area contributed by atoms with Crippen LogP contribution in [0.4, 0.5) is 0 Å². The molecule has 0 N–H and O–H groups in total. The molecular weight excluding hydrogens is 144 g/mol. The van der Waals surface area contributed by atoms with Gasteiger partial charge in [0, 0.05) is 6.92 Å². The van der Waals surface area contributed by atoms with Crippen molar-refractivity contribution in [1.29, 1.82) is 0 Å². The molecule has 0 aromatic carbocycles. The maximum absolute atomic E-state index is 10.4. The standard InChI is InChI=1S/C8H16O3/c1-6(2)5-10-8(4)11-7(3)9/h6,8H,5H2,1-4H3/t8-/m0/s1. The molecule has 0 heterocycles. The maximum atomic E-state index is 10.4. The summed E-state index contributed by atoms with van der Waals surface area (Å²) < 4.78 is 9.91. The van der Waals surface area contributed by atoms with Gasteiger partial charge in [-0.25, -0.2) is 0 Å². The lowest BCUT2D eigenvalue weighted by molar-refractivity contribution is -0.173. The molecule has 0 aromatic rings. The quantitative estimate of drug-likeness (QED) is 0.462. The van der Waals surface area contributed by atoms with E-state index in [0.717, 1.165) is 0 Å². The third-order valence-corrected chi connectivity index (χ3v) is 0.996. The van der Waals surface area contributed by atoms with Crippen molar-refractivity contribution in [1.82, 2.24) is 0 Å². The molecule has 3 nitrogen and oxygen atoms in total. The number of rotatable bonds is 4. The third-order valence-electron chi connectivity index (χ3n) is 0.996. The Balaban J connectivity index is 3.37. The summed E-state index contributed by atoms with van der Waals surface area (Å²) in [4.78, 5) is 10.4. The molecule has 0 fully saturated rings. The molecule has 0 amide bonds. The number of hydrogen-bond acceptors (Lipinski definition) is 3. The van der Waals surface area contributed by atoms with Crippen LogP contribution in [0, 0.1) is 5.92 Å². The van der Waals surface area contributed by atoms with E-state index in [1.807, 2.05) is 13.8 Å². The molecule has 0 radical (unpaired) electrons. The normalized spacial score (nSPS) is 13.2. The molecule has 0 aliphatic rings. The lowest BCUT2D eigenvalue weighted by Gasteiger charge is -2.13. The molecule has 0 saturated heterocycles. The zero-order valence-corrected chi connectivity index (χ0v) is 7.59. The first-order valence-electron chi connectivity index (χ1n) is 3.81. The van der Waals surface area contributed by atoms with Gasteiger partial charge in [0.15, 0.2) is 6.29 Å². The molecule has 1 atom stereocenters. The van der Waals surface area contributed by atoms with Gasteiger partial charge in [-0.3, -0.25) is 4.79 Å². The van der Waals surface area contributed by atoms with Gasteiger partial charge in [0.05, 0.1) is 6.61 Å². The van der Waals surface area contributed by atoms with E-state index in [4.69, 9.17) is 9.47 Å². The minimum absolute atomic E-state index is 0.304. The second-order valence-corrected chi connectivity index (χ2v) is 2.90. The van der Waals surface area contributed by atoms with Crippen molar-refractivity contribution < 1.29 is 14.3 Å². The molecular formula is C8H16O3. The van der Waals surface area contributed by atoms with Crippen molar-refractivity contribution in [2.45, 2.75) is 34.0 Å². The minimum atomic E-state index is -0.421. The third kappa shape index (κ3) is 7.33. The summed E-state index contributed by atoms with van der Waals surface area (Å²) >= 11 is 0. The monoisotopic (exact) mass is 160 g/mol. The molecule has 0 bridgehead atoms. The zero-order chi connectivity index (χ0) is 8.85. The Bertz CT molecular complexity index is 121. The van der Waals surface area contributed by atoms with Gasteiger partial charge in [-0.1, -0.05) is 13.8 Å². The summed E-state index contributed by atoms with van der Waals surface area (Å²) in [6.07, 6.45) is -0.421. The van der Waals surface area contributed by atoms with Crippen molar-refractivity contribution in [3.8, 4) is 0 Å². The van der Waals surface area contributed by atoms with Crippen molar-refractivity contribution in [2.75, 3.05) is 6.61 Å². The SMILES string of the molecule is CC(=O)O[C@@H](C)OCC(C)C. The predicted molar refractivity (Wildman–Crippen MR) is 42.0 cm³/mol. The van der Waals surface area contributed by atoms with E-state index in [0.29, 0.717) is 12.5 Å². The van der Waals surface area contributed by atoms with Crippen LogP contribution in [0.1, 0.15) is 27.7 Å². The first kappa shape index (κ1) is 10.4. The average molecular weight is 160 g/mol. The Labute approximate surface area is 67.7 Å². The lowest BCUT2D eigenvalue weighted by atomic mass is 10.2. The highest BCUT2D eigenvalue weighted by atomic mass is 16.7. The number of carbonyl (C=O) groups is 1. The fraction of sp³-hybridized carbons (Fsp3) is 0.875. The summed E-state index contributed by atoms with van der Waals surface area (Å²) in [6, 6.07) is 0. The highest BCUT2D eigenvalue weighted by molar-refractivity contribution is 5.65. The van der Waals surface area contributed by atoms with Gasteiger partial charge in [0.1, 0.15) is 0 Å². The van der Waals surface area contributed by atoms with Gasteiger partial charge in [0.25, 0.3) is 0 Å². The van der Waals surface area contributed by atoms with Crippen LogP contribution < -0.4 is 0 Å². The van der Waals surface area contributed by atoms with E-state index < -0.39 is 6.29 Å². The summed E-state index contributed by atoms with van der Waals surface area (Å²) in [5.41, 5.74) is 0. The molecule has 0 aromatic heterocycles. The molecule has 66 valence electrons. The number of esters is 1. The fourth-order valence-electron chi connectivity index (χ4n) is 0.596. The van der Waals surface area contributed by atoms with Gasteiger partial charge in [0.2, 0.25) is 0 Å². The molecule has 0 rings (SSSR count). The van der Waals surface area contributed by atoms with Crippen LogP contribution in [-0.2, 0) is 14.3 Å². The van der Waals surface area contributed by atoms with Crippen molar-refractivity contribution >= 4 is 5.97 Å². The maximum Gasteiger partial charge on any atom is 0.304 e. The molecule has 0 aliphatic carbocycles.